The van der Waals surface area contributed by atoms with E-state index in [0.29, 0.717) is 18.5 Å². The first-order valence-corrected chi connectivity index (χ1v) is 7.51. The average Bonchev–Trinajstić information content (AvgIpc) is 3.15. The van der Waals surface area contributed by atoms with Crippen LogP contribution in [0.5, 0.6) is 0 Å². The van der Waals surface area contributed by atoms with Gasteiger partial charge in [-0.05, 0) is 23.6 Å². The summed E-state index contributed by atoms with van der Waals surface area (Å²) in [5.74, 6) is 0.578. The number of fused-ring (bicyclic) bond motifs is 1. The van der Waals surface area contributed by atoms with Gasteiger partial charge in [0.2, 0.25) is 5.91 Å². The molecule has 1 amide bonds. The lowest BCUT2D eigenvalue weighted by atomic mass is 10.0. The lowest BCUT2D eigenvalue weighted by molar-refractivity contribution is -0.122. The molecule has 0 saturated heterocycles. The number of carbonyl (C=O) groups is 1. The predicted molar refractivity (Wildman–Crippen MR) is 83.4 cm³/mol. The first kappa shape index (κ1) is 12.5. The molecule has 1 saturated carbocycles. The van der Waals surface area contributed by atoms with Crippen LogP contribution in [0.4, 0.5) is 5.69 Å². The van der Waals surface area contributed by atoms with Crippen LogP contribution in [0.2, 0.25) is 0 Å². The van der Waals surface area contributed by atoms with E-state index in [1.807, 2.05) is 30.3 Å². The Labute approximate surface area is 124 Å². The van der Waals surface area contributed by atoms with Gasteiger partial charge in [0, 0.05) is 24.2 Å². The first-order valence-electron chi connectivity index (χ1n) is 7.51. The molecule has 106 valence electrons. The SMILES string of the molecule is O=C(NC1CC1c1ccccc1)C1CNc2ccccc21. The van der Waals surface area contributed by atoms with E-state index >= 15 is 0 Å². The molecule has 1 aliphatic carbocycles. The highest BCUT2D eigenvalue weighted by Crippen LogP contribution is 2.41. The van der Waals surface area contributed by atoms with E-state index in [2.05, 4.69) is 34.9 Å². The molecule has 3 unspecified atom stereocenters. The van der Waals surface area contributed by atoms with Gasteiger partial charge in [0.25, 0.3) is 0 Å². The van der Waals surface area contributed by atoms with Gasteiger partial charge in [-0.1, -0.05) is 48.5 Å². The fourth-order valence-electron chi connectivity index (χ4n) is 3.22. The lowest BCUT2D eigenvalue weighted by Crippen LogP contribution is -2.32. The number of hydrogen-bond acceptors (Lipinski definition) is 2. The molecule has 0 spiro atoms. The summed E-state index contributed by atoms with van der Waals surface area (Å²) in [5, 5.41) is 6.51. The first-order chi connectivity index (χ1) is 10.3. The van der Waals surface area contributed by atoms with E-state index < -0.39 is 0 Å². The molecule has 1 fully saturated rings. The molecular formula is C18H18N2O. The molecule has 0 bridgehead atoms. The van der Waals surface area contributed by atoms with Gasteiger partial charge >= 0.3 is 0 Å². The Morgan fingerprint density at radius 1 is 1.05 bits per heavy atom. The second-order valence-corrected chi connectivity index (χ2v) is 5.89. The number of nitrogens with one attached hydrogen (secondary N) is 2. The van der Waals surface area contributed by atoms with Crippen molar-refractivity contribution in [3.8, 4) is 0 Å². The van der Waals surface area contributed by atoms with Crippen molar-refractivity contribution in [2.75, 3.05) is 11.9 Å². The predicted octanol–water partition coefficient (Wildman–Crippen LogP) is 2.87. The highest BCUT2D eigenvalue weighted by atomic mass is 16.2. The number of carbonyl (C=O) groups excluding carboxylic acids is 1. The minimum atomic E-state index is -0.0572. The highest BCUT2D eigenvalue weighted by Gasteiger charge is 2.41. The Bertz CT molecular complexity index is 668. The van der Waals surface area contributed by atoms with Gasteiger partial charge in [0.1, 0.15) is 0 Å². The number of para-hydroxylation sites is 1. The molecule has 3 heteroatoms. The van der Waals surface area contributed by atoms with E-state index in [-0.39, 0.29) is 11.8 Å². The summed E-state index contributed by atoms with van der Waals surface area (Å²) >= 11 is 0. The third-order valence-corrected chi connectivity index (χ3v) is 4.50. The number of amides is 1. The van der Waals surface area contributed by atoms with E-state index in [4.69, 9.17) is 0 Å². The summed E-state index contributed by atoms with van der Waals surface area (Å²) in [7, 11) is 0. The van der Waals surface area contributed by atoms with Crippen molar-refractivity contribution >= 4 is 11.6 Å². The zero-order valence-corrected chi connectivity index (χ0v) is 11.8. The number of rotatable bonds is 3. The molecule has 0 radical (unpaired) electrons. The normalized spacial score (nSPS) is 25.8. The lowest BCUT2D eigenvalue weighted by Gasteiger charge is -2.11. The summed E-state index contributed by atoms with van der Waals surface area (Å²) < 4.78 is 0. The van der Waals surface area contributed by atoms with E-state index in [0.717, 1.165) is 17.7 Å². The van der Waals surface area contributed by atoms with Crippen LogP contribution in [-0.2, 0) is 4.79 Å². The van der Waals surface area contributed by atoms with Crippen LogP contribution in [0.25, 0.3) is 0 Å². The maximum absolute atomic E-state index is 12.5. The quantitative estimate of drug-likeness (QED) is 0.906. The molecule has 21 heavy (non-hydrogen) atoms. The average molecular weight is 278 g/mol. The number of benzene rings is 2. The van der Waals surface area contributed by atoms with Crippen molar-refractivity contribution in [1.29, 1.82) is 0 Å². The molecule has 2 aliphatic rings. The number of hydrogen-bond donors (Lipinski definition) is 2. The summed E-state index contributed by atoms with van der Waals surface area (Å²) in [5.41, 5.74) is 3.53. The van der Waals surface area contributed by atoms with Crippen molar-refractivity contribution in [2.24, 2.45) is 0 Å². The molecule has 2 aromatic carbocycles. The zero-order chi connectivity index (χ0) is 14.2. The summed E-state index contributed by atoms with van der Waals surface area (Å²) in [4.78, 5) is 12.5. The van der Waals surface area contributed by atoms with Gasteiger partial charge < -0.3 is 10.6 Å². The van der Waals surface area contributed by atoms with Gasteiger partial charge in [-0.15, -0.1) is 0 Å². The molecule has 1 aliphatic heterocycles. The third kappa shape index (κ3) is 2.29. The van der Waals surface area contributed by atoms with E-state index in [1.165, 1.54) is 5.56 Å². The van der Waals surface area contributed by atoms with Gasteiger partial charge in [0.05, 0.1) is 5.92 Å². The summed E-state index contributed by atoms with van der Waals surface area (Å²) in [6.45, 7) is 0.702. The summed E-state index contributed by atoms with van der Waals surface area (Å²) in [6.07, 6.45) is 1.05. The van der Waals surface area contributed by atoms with Crippen LogP contribution in [0, 0.1) is 0 Å². The number of anilines is 1. The van der Waals surface area contributed by atoms with Crippen LogP contribution in [0.15, 0.2) is 54.6 Å². The Kier molecular flexibility index (Phi) is 2.92. The second kappa shape index (κ2) is 4.92. The van der Waals surface area contributed by atoms with Crippen molar-refractivity contribution in [1.82, 2.24) is 5.32 Å². The topological polar surface area (TPSA) is 41.1 Å². The highest BCUT2D eigenvalue weighted by molar-refractivity contribution is 5.88. The van der Waals surface area contributed by atoms with E-state index in [9.17, 15) is 4.79 Å². The van der Waals surface area contributed by atoms with Crippen LogP contribution in [0.1, 0.15) is 29.4 Å². The molecule has 1 heterocycles. The van der Waals surface area contributed by atoms with Crippen molar-refractivity contribution in [2.45, 2.75) is 24.3 Å². The van der Waals surface area contributed by atoms with Crippen LogP contribution >= 0.6 is 0 Å². The maximum Gasteiger partial charge on any atom is 0.229 e. The van der Waals surface area contributed by atoms with Crippen molar-refractivity contribution in [3.63, 3.8) is 0 Å². The van der Waals surface area contributed by atoms with Crippen LogP contribution in [0.3, 0.4) is 0 Å². The molecular weight excluding hydrogens is 260 g/mol. The molecule has 3 atom stereocenters. The molecule has 2 N–H and O–H groups in total. The Hall–Kier alpha value is -2.29. The fourth-order valence-corrected chi connectivity index (χ4v) is 3.22. The minimum Gasteiger partial charge on any atom is -0.384 e. The zero-order valence-electron chi connectivity index (χ0n) is 11.8. The Morgan fingerprint density at radius 3 is 2.67 bits per heavy atom. The van der Waals surface area contributed by atoms with Crippen LogP contribution in [-0.4, -0.2) is 18.5 Å². The monoisotopic (exact) mass is 278 g/mol. The van der Waals surface area contributed by atoms with Crippen molar-refractivity contribution < 1.29 is 4.79 Å². The smallest absolute Gasteiger partial charge is 0.229 e. The Morgan fingerprint density at radius 2 is 1.81 bits per heavy atom. The molecule has 0 aromatic heterocycles. The van der Waals surface area contributed by atoms with Crippen molar-refractivity contribution in [3.05, 3.63) is 65.7 Å². The van der Waals surface area contributed by atoms with Crippen LogP contribution < -0.4 is 10.6 Å². The van der Waals surface area contributed by atoms with E-state index in [1.54, 1.807) is 0 Å². The van der Waals surface area contributed by atoms with Gasteiger partial charge in [-0.2, -0.15) is 0 Å². The maximum atomic E-state index is 12.5. The minimum absolute atomic E-state index is 0.0572. The molecule has 2 aromatic rings. The second-order valence-electron chi connectivity index (χ2n) is 5.89. The summed E-state index contributed by atoms with van der Waals surface area (Å²) in [6, 6.07) is 18.8. The van der Waals surface area contributed by atoms with Gasteiger partial charge in [0.15, 0.2) is 0 Å². The fraction of sp³-hybridized carbons (Fsp3) is 0.278. The van der Waals surface area contributed by atoms with Gasteiger partial charge in [-0.3, -0.25) is 4.79 Å². The largest absolute Gasteiger partial charge is 0.384 e. The van der Waals surface area contributed by atoms with Gasteiger partial charge in [-0.25, -0.2) is 0 Å². The standard InChI is InChI=1S/C18H18N2O/c21-18(15-11-19-16-9-5-4-8-13(15)16)20-17-10-14(17)12-6-2-1-3-7-12/h1-9,14-15,17,19H,10-11H2,(H,20,21). The molecule has 4 rings (SSSR count). The Balaban J connectivity index is 1.42. The molecule has 3 nitrogen and oxygen atoms in total. The third-order valence-electron chi connectivity index (χ3n) is 4.50.